The van der Waals surface area contributed by atoms with Gasteiger partial charge in [0.1, 0.15) is 5.97 Å². The van der Waals surface area contributed by atoms with E-state index in [1.54, 1.807) is 0 Å². The van der Waals surface area contributed by atoms with Gasteiger partial charge in [-0.3, -0.25) is 0 Å². The van der Waals surface area contributed by atoms with Crippen LogP contribution in [0.2, 0.25) is 0 Å². The molecule has 0 spiro atoms. The van der Waals surface area contributed by atoms with E-state index in [-0.39, 0.29) is 32.0 Å². The minimum atomic E-state index is -7.20. The Balaban J connectivity index is 0.000000387. The molecule has 0 N–H and O–H groups in total. The van der Waals surface area contributed by atoms with Gasteiger partial charge in [0.2, 0.25) is 0 Å². The Kier molecular flexibility index (Phi) is 9.83. The zero-order valence-corrected chi connectivity index (χ0v) is 22.9. The van der Waals surface area contributed by atoms with Crippen LogP contribution in [0.3, 0.4) is 0 Å². The molecule has 0 saturated carbocycles. The maximum Gasteiger partial charge on any atom is 0.460 e. The summed E-state index contributed by atoms with van der Waals surface area (Å²) in [5.41, 5.74) is 3.31. The molecular weight excluding hydrogens is 630 g/mol. The Hall–Kier alpha value is -1.99. The number of rotatable bonds is 5. The van der Waals surface area contributed by atoms with Crippen molar-refractivity contribution < 1.29 is 70.6 Å². The molecule has 0 saturated heterocycles. The molecule has 2 aromatic rings. The molecular formula is C25H26F9IO2. The van der Waals surface area contributed by atoms with Gasteiger partial charge in [-0.15, -0.1) is 0 Å². The highest BCUT2D eigenvalue weighted by atomic mass is 127. The summed E-state index contributed by atoms with van der Waals surface area (Å²) in [4.78, 5) is 9.40. The zero-order chi connectivity index (χ0) is 29.3. The lowest BCUT2D eigenvalue weighted by atomic mass is 9.87. The lowest BCUT2D eigenvalue weighted by Gasteiger charge is -2.33. The summed E-state index contributed by atoms with van der Waals surface area (Å²) in [5, 5.41) is 9.40. The van der Waals surface area contributed by atoms with Gasteiger partial charge in [-0.1, -0.05) is 65.8 Å². The maximum absolute atomic E-state index is 12.1. The van der Waals surface area contributed by atoms with Crippen LogP contribution in [-0.2, 0) is 15.6 Å². The number of carboxylic acids is 1. The molecule has 2 rings (SSSR count). The van der Waals surface area contributed by atoms with Crippen LogP contribution in [0, 0.1) is 7.14 Å². The van der Waals surface area contributed by atoms with Crippen molar-refractivity contribution in [2.45, 2.75) is 76.3 Å². The summed E-state index contributed by atoms with van der Waals surface area (Å²) in [5.74, 6) is -25.1. The molecule has 208 valence electrons. The molecule has 0 aromatic heterocycles. The van der Waals surface area contributed by atoms with Gasteiger partial charge in [0.05, 0.1) is 0 Å². The minimum Gasteiger partial charge on any atom is -0.544 e. The average Bonchev–Trinajstić information content (AvgIpc) is 2.72. The van der Waals surface area contributed by atoms with Gasteiger partial charge in [0.25, 0.3) is 0 Å². The SMILES string of the molecule is CC(C)(C)c1ccc([I+]c2ccc(C(C)(C)C)cc2)cc1.O=C([O-])C(F)(F)C(F)(F)C(F)(F)C(F)(F)F. The van der Waals surface area contributed by atoms with Crippen molar-refractivity contribution in [2.24, 2.45) is 0 Å². The van der Waals surface area contributed by atoms with E-state index in [4.69, 9.17) is 0 Å². The van der Waals surface area contributed by atoms with E-state index in [2.05, 4.69) is 90.1 Å². The van der Waals surface area contributed by atoms with E-state index >= 15 is 0 Å². The van der Waals surface area contributed by atoms with E-state index in [1.807, 2.05) is 0 Å². The van der Waals surface area contributed by atoms with Gasteiger partial charge < -0.3 is 9.90 Å². The summed E-state index contributed by atoms with van der Waals surface area (Å²) >= 11 is -0.0703. The molecule has 0 radical (unpaired) electrons. The Morgan fingerprint density at radius 2 is 0.892 bits per heavy atom. The van der Waals surface area contributed by atoms with Crippen molar-refractivity contribution in [3.63, 3.8) is 0 Å². The standard InChI is InChI=1S/C20H26I.C5HF9O2/c1-19(2,3)15-7-11-17(12-8-15)21-18-13-9-16(10-14-18)20(4,5)6;6-2(7,1(15)16)3(8,9)4(10,11)5(12,13)14/h7-14H,1-6H3;(H,15,16)/q+1;/p-1. The van der Waals surface area contributed by atoms with Crippen molar-refractivity contribution in [1.82, 2.24) is 0 Å². The van der Waals surface area contributed by atoms with Gasteiger partial charge >= 0.3 is 45.1 Å². The van der Waals surface area contributed by atoms with Gasteiger partial charge in [-0.2, -0.15) is 39.5 Å². The van der Waals surface area contributed by atoms with E-state index in [9.17, 15) is 49.4 Å². The Morgan fingerprint density at radius 3 is 1.11 bits per heavy atom. The third-order valence-corrected chi connectivity index (χ3v) is 7.72. The summed E-state index contributed by atoms with van der Waals surface area (Å²) in [6.07, 6.45) is -7.03. The highest BCUT2D eigenvalue weighted by molar-refractivity contribution is 5.75. The van der Waals surface area contributed by atoms with Crippen molar-refractivity contribution in [3.05, 3.63) is 66.8 Å². The fourth-order valence-electron chi connectivity index (χ4n) is 2.66. The number of hydrogen-bond acceptors (Lipinski definition) is 2. The van der Waals surface area contributed by atoms with Crippen LogP contribution < -0.4 is 26.3 Å². The number of aliphatic carboxylic acids is 1. The molecule has 0 unspecified atom stereocenters. The first-order chi connectivity index (χ1) is 16.4. The second-order valence-electron chi connectivity index (χ2n) is 10.1. The highest BCUT2D eigenvalue weighted by Gasteiger charge is 2.82. The third-order valence-electron chi connectivity index (χ3n) is 5.04. The van der Waals surface area contributed by atoms with E-state index in [1.165, 1.54) is 18.3 Å². The molecule has 37 heavy (non-hydrogen) atoms. The molecule has 0 amide bonds. The molecule has 0 bridgehead atoms. The van der Waals surface area contributed by atoms with Crippen molar-refractivity contribution >= 4 is 5.97 Å². The van der Waals surface area contributed by atoms with Gasteiger partial charge in [0, 0.05) is 0 Å². The molecule has 0 aliphatic rings. The summed E-state index contributed by atoms with van der Waals surface area (Å²) in [6.45, 7) is 13.6. The third kappa shape index (κ3) is 7.76. The van der Waals surface area contributed by atoms with Crippen LogP contribution in [0.5, 0.6) is 0 Å². The fraction of sp³-hybridized carbons (Fsp3) is 0.480. The number of carboxylic acid groups (broad SMARTS) is 1. The van der Waals surface area contributed by atoms with Crippen LogP contribution in [0.15, 0.2) is 48.5 Å². The monoisotopic (exact) mass is 656 g/mol. The molecule has 12 heteroatoms. The fourth-order valence-corrected chi connectivity index (χ4v) is 4.81. The van der Waals surface area contributed by atoms with Gasteiger partial charge in [-0.05, 0) is 46.2 Å². The first-order valence-electron chi connectivity index (χ1n) is 10.6. The molecule has 0 fully saturated rings. The van der Waals surface area contributed by atoms with E-state index in [0.717, 1.165) is 0 Å². The lowest BCUT2D eigenvalue weighted by molar-refractivity contribution is -0.597. The van der Waals surface area contributed by atoms with Crippen molar-refractivity contribution in [1.29, 1.82) is 0 Å². The molecule has 0 aliphatic carbocycles. The first kappa shape index (κ1) is 33.0. The predicted molar refractivity (Wildman–Crippen MR) is 114 cm³/mol. The molecule has 2 nitrogen and oxygen atoms in total. The number of carbonyl (C=O) groups excluding carboxylic acids is 1. The number of hydrogen-bond donors (Lipinski definition) is 0. The predicted octanol–water partition coefficient (Wildman–Crippen LogP) is 3.61. The Labute approximate surface area is 219 Å². The minimum absolute atomic E-state index is 0.0703. The normalized spacial score (nSPS) is 13.6. The zero-order valence-electron chi connectivity index (χ0n) is 20.7. The van der Waals surface area contributed by atoms with Crippen LogP contribution in [0.1, 0.15) is 52.7 Å². The van der Waals surface area contributed by atoms with Crippen molar-refractivity contribution in [3.8, 4) is 0 Å². The number of alkyl halides is 9. The smallest absolute Gasteiger partial charge is 0.460 e. The first-order valence-corrected chi connectivity index (χ1v) is 12.8. The second-order valence-corrected chi connectivity index (χ2v) is 13.1. The molecule has 0 aliphatic heterocycles. The quantitative estimate of drug-likeness (QED) is 0.365. The van der Waals surface area contributed by atoms with Crippen LogP contribution in [0.25, 0.3) is 0 Å². The number of halogens is 10. The van der Waals surface area contributed by atoms with E-state index < -0.39 is 29.9 Å². The summed E-state index contributed by atoms with van der Waals surface area (Å²) in [6, 6.07) is 18.4. The summed E-state index contributed by atoms with van der Waals surface area (Å²) in [7, 11) is 0. The molecule has 0 heterocycles. The lowest BCUT2D eigenvalue weighted by Crippen LogP contribution is -3.61. The Bertz CT molecular complexity index is 993. The van der Waals surface area contributed by atoms with Gasteiger partial charge in [-0.25, -0.2) is 0 Å². The maximum atomic E-state index is 12.1. The number of benzene rings is 2. The molecule has 2 aromatic carbocycles. The average molecular weight is 656 g/mol. The van der Waals surface area contributed by atoms with Crippen LogP contribution in [-0.4, -0.2) is 29.9 Å². The summed E-state index contributed by atoms with van der Waals surface area (Å²) < 4.78 is 109. The Morgan fingerprint density at radius 1 is 0.595 bits per heavy atom. The molecule has 0 atom stereocenters. The van der Waals surface area contributed by atoms with Gasteiger partial charge in [0.15, 0.2) is 7.14 Å². The van der Waals surface area contributed by atoms with Crippen molar-refractivity contribution in [2.75, 3.05) is 0 Å². The largest absolute Gasteiger partial charge is 0.544 e. The number of carbonyl (C=O) groups is 1. The van der Waals surface area contributed by atoms with Crippen LogP contribution in [0.4, 0.5) is 39.5 Å². The van der Waals surface area contributed by atoms with Crippen LogP contribution >= 0.6 is 0 Å². The topological polar surface area (TPSA) is 40.1 Å². The second kappa shape index (κ2) is 11.0. The van der Waals surface area contributed by atoms with E-state index in [0.29, 0.717) is 0 Å². The highest BCUT2D eigenvalue weighted by Crippen LogP contribution is 2.52.